The number of methoxy groups -OCH3 is 1. The highest BCUT2D eigenvalue weighted by Crippen LogP contribution is 2.45. The molecule has 1 heterocycles. The molecule has 1 aromatic heterocycles. The van der Waals surface area contributed by atoms with Crippen molar-refractivity contribution in [2.75, 3.05) is 20.7 Å². The van der Waals surface area contributed by atoms with Crippen LogP contribution >= 0.6 is 24.0 Å². The van der Waals surface area contributed by atoms with Gasteiger partial charge in [0.15, 0.2) is 5.96 Å². The smallest absolute Gasteiger partial charge is 0.213 e. The van der Waals surface area contributed by atoms with Crippen molar-refractivity contribution >= 4 is 29.9 Å². The zero-order valence-electron chi connectivity index (χ0n) is 15.3. The Hall–Kier alpha value is -1.05. The lowest BCUT2D eigenvalue weighted by Crippen LogP contribution is -2.46. The van der Waals surface area contributed by atoms with Crippen LogP contribution in [0.3, 0.4) is 0 Å². The Balaban J connectivity index is 0.00000288. The molecule has 0 spiro atoms. The van der Waals surface area contributed by atoms with Gasteiger partial charge in [0.1, 0.15) is 0 Å². The van der Waals surface area contributed by atoms with E-state index in [0.29, 0.717) is 17.8 Å². The van der Waals surface area contributed by atoms with Gasteiger partial charge in [0, 0.05) is 32.4 Å². The lowest BCUT2D eigenvalue weighted by molar-refractivity contribution is 0.104. The number of hydrogen-bond acceptors (Lipinski definition) is 3. The van der Waals surface area contributed by atoms with Crippen molar-refractivity contribution < 1.29 is 4.74 Å². The third kappa shape index (κ3) is 6.11. The molecule has 0 atom stereocenters. The van der Waals surface area contributed by atoms with Crippen molar-refractivity contribution in [1.82, 2.24) is 15.6 Å². The fraction of sp³-hybridized carbons (Fsp3) is 0.667. The van der Waals surface area contributed by atoms with E-state index in [-0.39, 0.29) is 24.0 Å². The van der Waals surface area contributed by atoms with Crippen molar-refractivity contribution in [2.45, 2.75) is 46.1 Å². The molecule has 1 fully saturated rings. The third-order valence-corrected chi connectivity index (χ3v) is 4.58. The van der Waals surface area contributed by atoms with Gasteiger partial charge in [0.05, 0.1) is 7.11 Å². The molecule has 5 nitrogen and oxygen atoms in total. The van der Waals surface area contributed by atoms with Crippen LogP contribution in [0.4, 0.5) is 0 Å². The molecule has 24 heavy (non-hydrogen) atoms. The highest BCUT2D eigenvalue weighted by atomic mass is 127. The van der Waals surface area contributed by atoms with Gasteiger partial charge in [-0.05, 0) is 42.2 Å². The van der Waals surface area contributed by atoms with E-state index in [1.54, 1.807) is 13.3 Å². The molecule has 1 aliphatic carbocycles. The predicted octanol–water partition coefficient (Wildman–Crippen LogP) is 3.59. The van der Waals surface area contributed by atoms with Gasteiger partial charge >= 0.3 is 0 Å². The number of rotatable bonds is 7. The molecule has 1 aromatic rings. The number of ether oxygens (including phenoxy) is 1. The number of hydrogen-bond donors (Lipinski definition) is 2. The van der Waals surface area contributed by atoms with E-state index in [0.717, 1.165) is 24.0 Å². The Kier molecular flexibility index (Phi) is 8.80. The first-order valence-corrected chi connectivity index (χ1v) is 8.50. The van der Waals surface area contributed by atoms with Crippen LogP contribution in [0.5, 0.6) is 5.88 Å². The summed E-state index contributed by atoms with van der Waals surface area (Å²) in [4.78, 5) is 8.46. The number of pyridine rings is 1. The zero-order valence-corrected chi connectivity index (χ0v) is 17.6. The van der Waals surface area contributed by atoms with Gasteiger partial charge in [-0.2, -0.15) is 0 Å². The Bertz CT molecular complexity index is 530. The maximum absolute atomic E-state index is 5.15. The zero-order chi connectivity index (χ0) is 16.7. The van der Waals surface area contributed by atoms with Crippen LogP contribution in [0.15, 0.2) is 23.3 Å². The minimum Gasteiger partial charge on any atom is -0.481 e. The molecule has 2 N–H and O–H groups in total. The van der Waals surface area contributed by atoms with Crippen LogP contribution in [0.25, 0.3) is 0 Å². The molecule has 6 heteroatoms. The Labute approximate surface area is 163 Å². The quantitative estimate of drug-likeness (QED) is 0.382. The summed E-state index contributed by atoms with van der Waals surface area (Å²) in [6.45, 7) is 6.33. The van der Waals surface area contributed by atoms with E-state index in [9.17, 15) is 0 Å². The van der Waals surface area contributed by atoms with Crippen molar-refractivity contribution in [3.8, 4) is 5.88 Å². The van der Waals surface area contributed by atoms with Gasteiger partial charge in [-0.1, -0.05) is 20.3 Å². The van der Waals surface area contributed by atoms with E-state index in [2.05, 4.69) is 34.5 Å². The fourth-order valence-electron chi connectivity index (χ4n) is 3.35. The van der Waals surface area contributed by atoms with Gasteiger partial charge in [-0.3, -0.25) is 4.99 Å². The van der Waals surface area contributed by atoms with E-state index in [1.807, 2.05) is 19.2 Å². The molecular weight excluding hydrogens is 415 g/mol. The molecular formula is C18H31IN4O. The summed E-state index contributed by atoms with van der Waals surface area (Å²) in [6, 6.07) is 3.92. The second kappa shape index (κ2) is 10.1. The van der Waals surface area contributed by atoms with Gasteiger partial charge in [0.25, 0.3) is 0 Å². The standard InChI is InChI=1S/C18H30N4O.HI/c1-14(2)11-18(7-5-8-18)13-22-17(19-3)21-12-15-6-9-20-16(10-15)23-4;/h6,9-10,14H,5,7-8,11-13H2,1-4H3,(H2,19,21,22);1H. The summed E-state index contributed by atoms with van der Waals surface area (Å²) in [6.07, 6.45) is 7.07. The lowest BCUT2D eigenvalue weighted by Gasteiger charge is -2.43. The van der Waals surface area contributed by atoms with Crippen molar-refractivity contribution in [3.05, 3.63) is 23.9 Å². The van der Waals surface area contributed by atoms with Gasteiger partial charge in [0.2, 0.25) is 5.88 Å². The molecule has 2 rings (SSSR count). The minimum atomic E-state index is 0. The number of aliphatic imine (C=N–C) groups is 1. The Morgan fingerprint density at radius 3 is 2.67 bits per heavy atom. The topological polar surface area (TPSA) is 58.5 Å². The maximum Gasteiger partial charge on any atom is 0.213 e. The van der Waals surface area contributed by atoms with E-state index in [4.69, 9.17) is 4.74 Å². The van der Waals surface area contributed by atoms with Crippen LogP contribution in [-0.2, 0) is 6.54 Å². The van der Waals surface area contributed by atoms with Crippen molar-refractivity contribution in [2.24, 2.45) is 16.3 Å². The second-order valence-electron chi connectivity index (χ2n) is 6.94. The normalized spacial score (nSPS) is 16.1. The maximum atomic E-state index is 5.15. The molecule has 0 aliphatic heterocycles. The first-order chi connectivity index (χ1) is 11.1. The van der Waals surface area contributed by atoms with Crippen LogP contribution < -0.4 is 15.4 Å². The number of guanidine groups is 1. The average Bonchev–Trinajstić information content (AvgIpc) is 2.52. The monoisotopic (exact) mass is 446 g/mol. The van der Waals surface area contributed by atoms with E-state index >= 15 is 0 Å². The van der Waals surface area contributed by atoms with Gasteiger partial charge < -0.3 is 15.4 Å². The third-order valence-electron chi connectivity index (χ3n) is 4.58. The summed E-state index contributed by atoms with van der Waals surface area (Å²) in [7, 11) is 3.45. The molecule has 0 saturated heterocycles. The molecule has 0 unspecified atom stereocenters. The Morgan fingerprint density at radius 1 is 1.38 bits per heavy atom. The van der Waals surface area contributed by atoms with Crippen LogP contribution in [0, 0.1) is 11.3 Å². The first-order valence-electron chi connectivity index (χ1n) is 8.50. The fourth-order valence-corrected chi connectivity index (χ4v) is 3.35. The number of halogens is 1. The summed E-state index contributed by atoms with van der Waals surface area (Å²) < 4.78 is 5.15. The molecule has 0 bridgehead atoms. The molecule has 1 aliphatic rings. The van der Waals surface area contributed by atoms with Crippen LogP contribution in [-0.4, -0.2) is 31.6 Å². The number of nitrogens with zero attached hydrogens (tertiary/aromatic N) is 2. The van der Waals surface area contributed by atoms with Gasteiger partial charge in [-0.15, -0.1) is 24.0 Å². The number of nitrogens with one attached hydrogen (secondary N) is 2. The average molecular weight is 446 g/mol. The highest BCUT2D eigenvalue weighted by molar-refractivity contribution is 14.0. The second-order valence-corrected chi connectivity index (χ2v) is 6.94. The molecule has 0 amide bonds. The van der Waals surface area contributed by atoms with Gasteiger partial charge in [-0.25, -0.2) is 4.98 Å². The predicted molar refractivity (Wildman–Crippen MR) is 110 cm³/mol. The Morgan fingerprint density at radius 2 is 2.12 bits per heavy atom. The first kappa shape index (κ1) is 21.0. The summed E-state index contributed by atoms with van der Waals surface area (Å²) in [5, 5.41) is 6.88. The number of aromatic nitrogens is 1. The molecule has 136 valence electrons. The van der Waals surface area contributed by atoms with E-state index in [1.165, 1.54) is 25.7 Å². The summed E-state index contributed by atoms with van der Waals surface area (Å²) in [5.41, 5.74) is 1.59. The van der Waals surface area contributed by atoms with Crippen molar-refractivity contribution in [3.63, 3.8) is 0 Å². The molecule has 0 radical (unpaired) electrons. The largest absolute Gasteiger partial charge is 0.481 e. The SMILES string of the molecule is CN=C(NCc1ccnc(OC)c1)NCC1(CC(C)C)CCC1.I. The van der Waals surface area contributed by atoms with E-state index < -0.39 is 0 Å². The molecule has 0 aromatic carbocycles. The van der Waals surface area contributed by atoms with Crippen LogP contribution in [0.1, 0.15) is 45.1 Å². The summed E-state index contributed by atoms with van der Waals surface area (Å²) in [5.74, 6) is 2.24. The lowest BCUT2D eigenvalue weighted by atomic mass is 9.64. The van der Waals surface area contributed by atoms with Crippen molar-refractivity contribution in [1.29, 1.82) is 0 Å². The molecule has 1 saturated carbocycles. The highest BCUT2D eigenvalue weighted by Gasteiger charge is 2.37. The van der Waals surface area contributed by atoms with Crippen LogP contribution in [0.2, 0.25) is 0 Å². The minimum absolute atomic E-state index is 0. The summed E-state index contributed by atoms with van der Waals surface area (Å²) >= 11 is 0.